The minimum absolute atomic E-state index is 0.314. The highest BCUT2D eigenvalue weighted by molar-refractivity contribution is 5.90. The van der Waals surface area contributed by atoms with E-state index in [0.717, 1.165) is 52.2 Å². The molecule has 32 heavy (non-hydrogen) atoms. The monoisotopic (exact) mass is 433 g/mol. The van der Waals surface area contributed by atoms with E-state index < -0.39 is 0 Å². The third-order valence-corrected chi connectivity index (χ3v) is 6.42. The van der Waals surface area contributed by atoms with Crippen LogP contribution in [0.2, 0.25) is 0 Å². The number of pyridine rings is 2. The fourth-order valence-electron chi connectivity index (χ4n) is 4.72. The fraction of sp³-hybridized carbons (Fsp3) is 0.480. The maximum absolute atomic E-state index is 5.11. The summed E-state index contributed by atoms with van der Waals surface area (Å²) in [5, 5.41) is 7.78. The lowest BCUT2D eigenvalue weighted by molar-refractivity contribution is 0.387. The highest BCUT2D eigenvalue weighted by atomic mass is 15.3. The number of nitrogens with one attached hydrogen (secondary N) is 2. The maximum atomic E-state index is 5.11. The second-order valence-electron chi connectivity index (χ2n) is 9.38. The molecule has 0 bridgehead atoms. The van der Waals surface area contributed by atoms with E-state index in [2.05, 4.69) is 85.7 Å². The van der Waals surface area contributed by atoms with Gasteiger partial charge in [-0.1, -0.05) is 27.7 Å². The number of aromatic amines is 1. The van der Waals surface area contributed by atoms with Crippen LogP contribution in [-0.4, -0.2) is 53.6 Å². The Morgan fingerprint density at radius 2 is 1.88 bits per heavy atom. The van der Waals surface area contributed by atoms with Crippen LogP contribution in [0.1, 0.15) is 50.3 Å². The molecule has 0 aromatic carbocycles. The molecule has 1 fully saturated rings. The van der Waals surface area contributed by atoms with Crippen LogP contribution in [0.15, 0.2) is 28.4 Å². The summed E-state index contributed by atoms with van der Waals surface area (Å²) in [6.45, 7) is 18.8. The largest absolute Gasteiger partial charge is 0.353 e. The molecule has 0 saturated carbocycles. The molecule has 7 nitrogen and oxygen atoms in total. The summed E-state index contributed by atoms with van der Waals surface area (Å²) in [6, 6.07) is 5.33. The first-order valence-corrected chi connectivity index (χ1v) is 11.4. The molecular weight excluding hydrogens is 398 g/mol. The van der Waals surface area contributed by atoms with E-state index in [0.29, 0.717) is 18.0 Å². The predicted molar refractivity (Wildman–Crippen MR) is 134 cm³/mol. The van der Waals surface area contributed by atoms with Gasteiger partial charge in [-0.05, 0) is 43.0 Å². The zero-order chi connectivity index (χ0) is 23.2. The molecule has 170 valence electrons. The number of fused-ring (bicyclic) bond motifs is 1. The maximum Gasteiger partial charge on any atom is 0.151 e. The van der Waals surface area contributed by atoms with E-state index in [1.165, 1.54) is 11.1 Å². The molecule has 0 spiro atoms. The summed E-state index contributed by atoms with van der Waals surface area (Å²) in [5.74, 6) is 1.36. The van der Waals surface area contributed by atoms with Gasteiger partial charge in [0.25, 0.3) is 0 Å². The highest BCUT2D eigenvalue weighted by Crippen LogP contribution is 2.37. The Morgan fingerprint density at radius 3 is 2.47 bits per heavy atom. The number of anilines is 1. The summed E-state index contributed by atoms with van der Waals surface area (Å²) in [7, 11) is 1.79. The van der Waals surface area contributed by atoms with Gasteiger partial charge in [0, 0.05) is 56.3 Å². The zero-order valence-corrected chi connectivity index (χ0v) is 20.3. The first kappa shape index (κ1) is 22.3. The lowest BCUT2D eigenvalue weighted by Crippen LogP contribution is -2.59. The van der Waals surface area contributed by atoms with Gasteiger partial charge in [-0.3, -0.25) is 4.99 Å². The lowest BCUT2D eigenvalue weighted by Gasteiger charge is -2.41. The lowest BCUT2D eigenvalue weighted by atomic mass is 9.95. The molecule has 7 heteroatoms. The number of nitrogens with zero attached hydrogens (tertiary/aromatic N) is 5. The summed E-state index contributed by atoms with van der Waals surface area (Å²) in [4.78, 5) is 15.5. The number of hydrogen-bond acceptors (Lipinski definition) is 5. The van der Waals surface area contributed by atoms with Crippen molar-refractivity contribution >= 4 is 23.6 Å². The van der Waals surface area contributed by atoms with Crippen LogP contribution in [0.3, 0.4) is 0 Å². The van der Waals surface area contributed by atoms with Crippen LogP contribution in [0, 0.1) is 13.8 Å². The molecule has 3 aromatic heterocycles. The SMILES string of the molecule is C=Nn1cc(-c2[nH]c3ccc(N4CC(NC(C)C)C4)nc3c2C(C)C)c(C)c(C)/c1=N/C. The van der Waals surface area contributed by atoms with E-state index in [1.54, 1.807) is 11.7 Å². The van der Waals surface area contributed by atoms with Gasteiger partial charge in [0.2, 0.25) is 0 Å². The Balaban J connectivity index is 1.82. The van der Waals surface area contributed by atoms with Gasteiger partial charge in [0.05, 0.1) is 16.7 Å². The number of aromatic nitrogens is 3. The van der Waals surface area contributed by atoms with Crippen molar-refractivity contribution in [2.75, 3.05) is 25.0 Å². The van der Waals surface area contributed by atoms with Gasteiger partial charge in [0.1, 0.15) is 5.82 Å². The first-order chi connectivity index (χ1) is 15.2. The smallest absolute Gasteiger partial charge is 0.151 e. The van der Waals surface area contributed by atoms with Crippen molar-refractivity contribution < 1.29 is 0 Å². The van der Waals surface area contributed by atoms with Crippen LogP contribution < -0.4 is 15.7 Å². The Morgan fingerprint density at radius 1 is 1.16 bits per heavy atom. The molecule has 1 aliphatic rings. The van der Waals surface area contributed by atoms with Gasteiger partial charge in [0.15, 0.2) is 5.49 Å². The Kier molecular flexibility index (Phi) is 5.95. The third-order valence-electron chi connectivity index (χ3n) is 6.42. The molecule has 2 N–H and O–H groups in total. The van der Waals surface area contributed by atoms with E-state index in [1.807, 2.05) is 6.20 Å². The predicted octanol–water partition coefficient (Wildman–Crippen LogP) is 3.95. The standard InChI is InChI=1S/C25H35N7/c1-14(2)22-23(19-13-32(27-8)25(26-7)17(6)16(19)5)29-20-9-10-21(30-24(20)22)31-11-18(12-31)28-15(3)4/h9-10,13-15,18,28-29H,8,11-12H2,1-7H3/b26-25-. The van der Waals surface area contributed by atoms with Gasteiger partial charge >= 0.3 is 0 Å². The minimum Gasteiger partial charge on any atom is -0.353 e. The number of H-pyrrole nitrogens is 1. The highest BCUT2D eigenvalue weighted by Gasteiger charge is 2.29. The van der Waals surface area contributed by atoms with Crippen molar-refractivity contribution in [3.05, 3.63) is 40.5 Å². The first-order valence-electron chi connectivity index (χ1n) is 11.4. The van der Waals surface area contributed by atoms with Gasteiger partial charge in [-0.15, -0.1) is 0 Å². The summed E-state index contributed by atoms with van der Waals surface area (Å²) < 4.78 is 1.76. The summed E-state index contributed by atoms with van der Waals surface area (Å²) in [6.07, 6.45) is 2.02. The second-order valence-corrected chi connectivity index (χ2v) is 9.38. The molecule has 0 amide bonds. The average Bonchev–Trinajstić information content (AvgIpc) is 3.10. The molecule has 1 aliphatic heterocycles. The van der Waals surface area contributed by atoms with Crippen LogP contribution in [0.5, 0.6) is 0 Å². The Bertz CT molecular complexity index is 1220. The van der Waals surface area contributed by atoms with Crippen molar-refractivity contribution in [3.63, 3.8) is 0 Å². The molecule has 4 heterocycles. The van der Waals surface area contributed by atoms with Gasteiger partial charge < -0.3 is 15.2 Å². The zero-order valence-electron chi connectivity index (χ0n) is 20.3. The van der Waals surface area contributed by atoms with Crippen molar-refractivity contribution in [1.82, 2.24) is 20.0 Å². The normalized spacial score (nSPS) is 15.3. The topological polar surface area (TPSA) is 73.6 Å². The third kappa shape index (κ3) is 3.75. The van der Waals surface area contributed by atoms with Gasteiger partial charge in [-0.25, -0.2) is 9.66 Å². The van der Waals surface area contributed by atoms with Crippen LogP contribution in [0.25, 0.3) is 22.3 Å². The average molecular weight is 434 g/mol. The Hall–Kier alpha value is -2.93. The van der Waals surface area contributed by atoms with Crippen molar-refractivity contribution in [1.29, 1.82) is 0 Å². The van der Waals surface area contributed by atoms with Crippen LogP contribution in [0.4, 0.5) is 5.82 Å². The Labute approximate surface area is 190 Å². The van der Waals surface area contributed by atoms with E-state index >= 15 is 0 Å². The molecule has 0 atom stereocenters. The number of rotatable bonds is 6. The van der Waals surface area contributed by atoms with Crippen molar-refractivity contribution in [2.24, 2.45) is 10.1 Å². The van der Waals surface area contributed by atoms with E-state index in [-0.39, 0.29) is 0 Å². The fourth-order valence-corrected chi connectivity index (χ4v) is 4.72. The van der Waals surface area contributed by atoms with E-state index in [4.69, 9.17) is 4.98 Å². The molecule has 0 radical (unpaired) electrons. The molecular formula is C25H35N7. The van der Waals surface area contributed by atoms with Gasteiger partial charge in [-0.2, -0.15) is 5.10 Å². The molecule has 0 aliphatic carbocycles. The van der Waals surface area contributed by atoms with E-state index in [9.17, 15) is 0 Å². The molecule has 3 aromatic rings. The van der Waals surface area contributed by atoms with Crippen LogP contribution >= 0.6 is 0 Å². The summed E-state index contributed by atoms with van der Waals surface area (Å²) >= 11 is 0. The molecule has 4 rings (SSSR count). The quantitative estimate of drug-likeness (QED) is 0.578. The molecule has 1 saturated heterocycles. The van der Waals surface area contributed by atoms with Crippen molar-refractivity contribution in [3.8, 4) is 11.3 Å². The number of hydrogen-bond donors (Lipinski definition) is 2. The molecule has 0 unspecified atom stereocenters. The van der Waals surface area contributed by atoms with Crippen LogP contribution in [-0.2, 0) is 0 Å². The van der Waals surface area contributed by atoms with Crippen molar-refractivity contribution in [2.45, 2.75) is 59.5 Å². The second kappa shape index (κ2) is 8.54. The minimum atomic E-state index is 0.314. The summed E-state index contributed by atoms with van der Waals surface area (Å²) in [5.41, 5.74) is 8.66.